The summed E-state index contributed by atoms with van der Waals surface area (Å²) in [5, 5.41) is 25.4. The van der Waals surface area contributed by atoms with Crippen LogP contribution in [0.1, 0.15) is 22.8 Å². The number of thiocarbonyl (C=S) groups is 3. The monoisotopic (exact) mass is 658 g/mol. The molecule has 0 aromatic carbocycles. The van der Waals surface area contributed by atoms with E-state index in [2.05, 4.69) is 66.6 Å². The molecular weight excluding hydrogens is 642 g/mol. The fraction of sp³-hybridized carbons (Fsp3) is 0.190. The van der Waals surface area contributed by atoms with Crippen LogP contribution in [0, 0.1) is 37.3 Å². The van der Waals surface area contributed by atoms with Gasteiger partial charge in [-0.15, -0.1) is 0 Å². The van der Waals surface area contributed by atoms with Crippen molar-refractivity contribution in [3.63, 3.8) is 0 Å². The number of hydrogen-bond donors (Lipinski definition) is 0. The fourth-order valence-electron chi connectivity index (χ4n) is 2.09. The molecule has 1 aliphatic rings. The van der Waals surface area contributed by atoms with Gasteiger partial charge in [0.05, 0.1) is 49.0 Å². The third-order valence-corrected chi connectivity index (χ3v) is 3.19. The van der Waals surface area contributed by atoms with Gasteiger partial charge in [-0.1, -0.05) is 48.8 Å². The molecule has 0 atom stereocenters. The standard InChI is InChI=1S/C18H18N6.3CNS.Er/c1-3-15-11-19-7-9-21-13-17-5-2-6-18(24-17)14-22-10-8-20-12-16(4-1)23-15;3*2-1-3;/h1-6,11-14H,7-10H2;;;;/q;3*-1;+3. The number of aliphatic imine (C=N–C) groups is 4. The molecule has 4 bridgehead atoms. The summed E-state index contributed by atoms with van der Waals surface area (Å²) < 4.78 is 0. The van der Waals surface area contributed by atoms with Gasteiger partial charge < -0.3 is 16.2 Å². The summed E-state index contributed by atoms with van der Waals surface area (Å²) in [5.41, 5.74) is 3.26. The minimum atomic E-state index is 0. The number of fused-ring (bicyclic) bond motifs is 4. The van der Waals surface area contributed by atoms with Crippen LogP contribution in [-0.4, -0.2) is 76.5 Å². The first-order valence-electron chi connectivity index (χ1n) is 9.12. The molecule has 0 N–H and O–H groups in total. The van der Waals surface area contributed by atoms with Gasteiger partial charge in [-0.3, -0.25) is 20.0 Å². The summed E-state index contributed by atoms with van der Waals surface area (Å²) in [4.78, 5) is 26.3. The Morgan fingerprint density at radius 2 is 0.735 bits per heavy atom. The van der Waals surface area contributed by atoms with Crippen molar-refractivity contribution in [1.29, 1.82) is 0 Å². The van der Waals surface area contributed by atoms with Crippen LogP contribution >= 0.6 is 36.7 Å². The van der Waals surface area contributed by atoms with E-state index < -0.39 is 0 Å². The van der Waals surface area contributed by atoms with E-state index in [-0.39, 0.29) is 37.3 Å². The summed E-state index contributed by atoms with van der Waals surface area (Å²) in [6, 6.07) is 11.6. The molecule has 0 saturated carbocycles. The number of aromatic nitrogens is 2. The summed E-state index contributed by atoms with van der Waals surface area (Å²) in [7, 11) is 0. The zero-order chi connectivity index (χ0) is 24.6. The third kappa shape index (κ3) is 19.1. The molecule has 177 valence electrons. The van der Waals surface area contributed by atoms with Gasteiger partial charge in [0.25, 0.3) is 0 Å². The maximum atomic E-state index is 7.13. The van der Waals surface area contributed by atoms with Crippen LogP contribution in [0.25, 0.3) is 16.2 Å². The van der Waals surface area contributed by atoms with Crippen molar-refractivity contribution in [1.82, 2.24) is 9.97 Å². The largest absolute Gasteiger partial charge is 3.00 e. The van der Waals surface area contributed by atoms with E-state index in [0.29, 0.717) is 26.2 Å². The third-order valence-electron chi connectivity index (χ3n) is 3.19. The van der Waals surface area contributed by atoms with Crippen LogP contribution in [-0.2, 0) is 0 Å². The van der Waals surface area contributed by atoms with E-state index in [1.165, 1.54) is 15.5 Å². The molecule has 0 amide bonds. The van der Waals surface area contributed by atoms with Gasteiger partial charge in [0, 0.05) is 24.9 Å². The van der Waals surface area contributed by atoms with Crippen LogP contribution in [0.4, 0.5) is 0 Å². The first-order valence-corrected chi connectivity index (χ1v) is 10.3. The van der Waals surface area contributed by atoms with Crippen LogP contribution in [0.3, 0.4) is 0 Å². The molecule has 0 fully saturated rings. The van der Waals surface area contributed by atoms with Gasteiger partial charge >= 0.3 is 37.3 Å². The Kier molecular flexibility index (Phi) is 25.1. The topological polar surface area (TPSA) is 142 Å². The van der Waals surface area contributed by atoms with E-state index >= 15 is 0 Å². The summed E-state index contributed by atoms with van der Waals surface area (Å²) >= 11 is 11.1. The number of nitrogens with zero attached hydrogens (tertiary/aromatic N) is 9. The van der Waals surface area contributed by atoms with E-state index in [9.17, 15) is 0 Å². The molecular formula is C21H18ErN9S3. The minimum absolute atomic E-state index is 0. The Labute approximate surface area is 243 Å². The van der Waals surface area contributed by atoms with E-state index in [0.717, 1.165) is 22.8 Å². The van der Waals surface area contributed by atoms with Crippen LogP contribution < -0.4 is 0 Å². The first kappa shape index (κ1) is 33.8. The fourth-order valence-corrected chi connectivity index (χ4v) is 2.09. The second kappa shape index (κ2) is 25.3. The van der Waals surface area contributed by atoms with Gasteiger partial charge in [-0.25, -0.2) is 9.97 Å². The van der Waals surface area contributed by atoms with Crippen LogP contribution in [0.5, 0.6) is 0 Å². The van der Waals surface area contributed by atoms with E-state index in [1.807, 2.05) is 36.4 Å². The SMILES string of the molecule is C1=NCCN=Cc2cccc(n2)C=NCCN=Cc2cccc1n2.[Er+3].[N-]=C=S.[N-]=C=S.[N-]=C=S. The molecule has 0 spiro atoms. The first-order chi connectivity index (χ1) is 16.1. The zero-order valence-corrected chi connectivity index (χ0v) is 21.9. The second-order valence-corrected chi connectivity index (χ2v) is 5.94. The average molecular weight is 660 g/mol. The van der Waals surface area contributed by atoms with Crippen molar-refractivity contribution >= 4 is 77.0 Å². The van der Waals surface area contributed by atoms with Crippen LogP contribution in [0.2, 0.25) is 0 Å². The Morgan fingerprint density at radius 1 is 0.529 bits per heavy atom. The normalized spacial score (nSPS) is 11.3. The Hall–Kier alpha value is -2.37. The molecule has 13 heteroatoms. The van der Waals surface area contributed by atoms with Crippen molar-refractivity contribution in [2.45, 2.75) is 0 Å². The van der Waals surface area contributed by atoms with Crippen molar-refractivity contribution in [3.8, 4) is 0 Å². The molecule has 3 heterocycles. The Bertz CT molecular complexity index is 912. The van der Waals surface area contributed by atoms with Crippen molar-refractivity contribution < 1.29 is 37.3 Å². The van der Waals surface area contributed by atoms with Crippen molar-refractivity contribution in [2.24, 2.45) is 20.0 Å². The molecule has 2 aromatic rings. The average Bonchev–Trinajstić information content (AvgIpc) is 2.80. The molecule has 0 saturated heterocycles. The predicted molar refractivity (Wildman–Crippen MR) is 146 cm³/mol. The van der Waals surface area contributed by atoms with Gasteiger partial charge in [0.2, 0.25) is 0 Å². The zero-order valence-electron chi connectivity index (χ0n) is 17.6. The van der Waals surface area contributed by atoms with Gasteiger partial charge in [0.1, 0.15) is 0 Å². The van der Waals surface area contributed by atoms with E-state index in [1.54, 1.807) is 24.9 Å². The number of pyridine rings is 2. The van der Waals surface area contributed by atoms with Crippen molar-refractivity contribution in [2.75, 3.05) is 26.2 Å². The van der Waals surface area contributed by atoms with Crippen molar-refractivity contribution in [3.05, 3.63) is 75.4 Å². The number of hydrogen-bond acceptors (Lipinski definition) is 9. The molecule has 3 rings (SSSR count). The minimum Gasteiger partial charge on any atom is -0.753 e. The molecule has 2 aromatic heterocycles. The quantitative estimate of drug-likeness (QED) is 0.312. The summed E-state index contributed by atoms with van der Waals surface area (Å²) in [6.07, 6.45) is 7.05. The predicted octanol–water partition coefficient (Wildman–Crippen LogP) is 3.84. The molecule has 0 aliphatic carbocycles. The molecule has 34 heavy (non-hydrogen) atoms. The Morgan fingerprint density at radius 3 is 0.941 bits per heavy atom. The molecule has 0 unspecified atom stereocenters. The maximum Gasteiger partial charge on any atom is 3.00 e. The molecule has 1 aliphatic heterocycles. The maximum absolute atomic E-state index is 7.13. The van der Waals surface area contributed by atoms with Gasteiger partial charge in [-0.05, 0) is 24.3 Å². The van der Waals surface area contributed by atoms with Gasteiger partial charge in [-0.2, -0.15) is 15.5 Å². The second-order valence-electron chi connectivity index (χ2n) is 5.39. The summed E-state index contributed by atoms with van der Waals surface area (Å²) in [6.45, 7) is 2.44. The van der Waals surface area contributed by atoms with Gasteiger partial charge in [0.15, 0.2) is 0 Å². The van der Waals surface area contributed by atoms with Crippen LogP contribution in [0.15, 0.2) is 56.4 Å². The molecule has 9 nitrogen and oxygen atoms in total. The number of rotatable bonds is 0. The van der Waals surface area contributed by atoms with E-state index in [4.69, 9.17) is 16.2 Å². The molecule has 1 radical (unpaired) electrons. The Balaban J connectivity index is 0. The number of isothiocyanates is 3. The smallest absolute Gasteiger partial charge is 0.753 e. The summed E-state index contributed by atoms with van der Waals surface area (Å²) in [5.74, 6) is 0.